The second-order valence-electron chi connectivity index (χ2n) is 2.10. The van der Waals surface area contributed by atoms with Gasteiger partial charge in [-0.25, -0.2) is 0 Å². The molecule has 0 atom stereocenters. The van der Waals surface area contributed by atoms with Gasteiger partial charge in [0, 0.05) is 21.1 Å². The van der Waals surface area contributed by atoms with Gasteiger partial charge in [0.05, 0.1) is 0 Å². The molecule has 0 nitrogen and oxygen atoms in total. The first-order valence-electron chi connectivity index (χ1n) is 3.30. The molecule has 0 aliphatic heterocycles. The number of hydrogen-bond acceptors (Lipinski definition) is 0. The van der Waals surface area contributed by atoms with Crippen molar-refractivity contribution in [1.29, 1.82) is 0 Å². The molecule has 0 unspecified atom stereocenters. The molecule has 0 amide bonds. The molecule has 0 aromatic rings. The van der Waals surface area contributed by atoms with E-state index in [0.717, 1.165) is 0 Å². The van der Waals surface area contributed by atoms with Crippen molar-refractivity contribution in [2.24, 2.45) is 0 Å². The molecule has 0 bridgehead atoms. The average Bonchev–Trinajstić information content (AvgIpc) is 1.62. The predicted octanol–water partition coefficient (Wildman–Crippen LogP) is 2.67. The molecule has 54 valence electrons. The Hall–Kier alpha value is 0.168. The molecule has 0 saturated carbocycles. The molecule has 0 N–H and O–H groups in total. The zero-order chi connectivity index (χ0) is 5.66. The van der Waals surface area contributed by atoms with Gasteiger partial charge in [0.25, 0.3) is 0 Å². The van der Waals surface area contributed by atoms with Crippen LogP contribution in [0, 0.1) is 0 Å². The Morgan fingerprint density at radius 2 is 0.778 bits per heavy atom. The fraction of sp³-hybridized carbons (Fsp3) is 0.500. The van der Waals surface area contributed by atoms with E-state index in [-0.39, 0.29) is 21.1 Å². The quantitative estimate of drug-likeness (QED) is 0.604. The first-order valence-corrected chi connectivity index (χ1v) is 3.30. The average molecular weight is 303 g/mol. The second-order valence-corrected chi connectivity index (χ2v) is 2.10. The first-order chi connectivity index (χ1) is 4.00. The van der Waals surface area contributed by atoms with E-state index in [1.54, 1.807) is 0 Å². The Morgan fingerprint density at radius 1 is 0.556 bits per heavy atom. The Kier molecular flexibility index (Phi) is 6.41. The van der Waals surface area contributed by atoms with Gasteiger partial charge in [-0.2, -0.15) is 0 Å². The summed E-state index contributed by atoms with van der Waals surface area (Å²) in [6, 6.07) is 0. The van der Waals surface area contributed by atoms with E-state index in [4.69, 9.17) is 0 Å². The molecule has 1 aliphatic carbocycles. The monoisotopic (exact) mass is 303 g/mol. The topological polar surface area (TPSA) is 0 Å². The standard InChI is InChI=1S/C8H12.Pt/c1-2-4-6-8-7-5-3-1;/h1-2,7-8H,3-6H2;/b2-1-,8-7-;. The van der Waals surface area contributed by atoms with Gasteiger partial charge >= 0.3 is 0 Å². The summed E-state index contributed by atoms with van der Waals surface area (Å²) >= 11 is 0. The molecular formula is C8H12Pt. The number of hydrogen-bond donors (Lipinski definition) is 0. The molecule has 0 spiro atoms. The summed E-state index contributed by atoms with van der Waals surface area (Å²) in [5, 5.41) is 0. The van der Waals surface area contributed by atoms with Crippen molar-refractivity contribution in [3.63, 3.8) is 0 Å². The van der Waals surface area contributed by atoms with Crippen LogP contribution in [0.2, 0.25) is 0 Å². The maximum absolute atomic E-state index is 2.27. The maximum atomic E-state index is 2.27. The minimum absolute atomic E-state index is 0. The third kappa shape index (κ3) is 4.66. The largest absolute Gasteiger partial charge is 0.0882 e. The van der Waals surface area contributed by atoms with E-state index in [1.807, 2.05) is 0 Å². The van der Waals surface area contributed by atoms with E-state index in [0.29, 0.717) is 0 Å². The van der Waals surface area contributed by atoms with E-state index >= 15 is 0 Å². The van der Waals surface area contributed by atoms with Crippen molar-refractivity contribution in [2.45, 2.75) is 25.7 Å². The Labute approximate surface area is 71.3 Å². The van der Waals surface area contributed by atoms with Gasteiger partial charge < -0.3 is 0 Å². The van der Waals surface area contributed by atoms with Crippen LogP contribution in [0.3, 0.4) is 0 Å². The van der Waals surface area contributed by atoms with Crippen LogP contribution < -0.4 is 0 Å². The Bertz CT molecular complexity index is 77.1. The summed E-state index contributed by atoms with van der Waals surface area (Å²) in [5.41, 5.74) is 0. The molecule has 9 heavy (non-hydrogen) atoms. The number of allylic oxidation sites excluding steroid dienone is 4. The molecule has 1 aliphatic rings. The molecule has 0 fully saturated rings. The Balaban J connectivity index is 0.000000640. The van der Waals surface area contributed by atoms with Gasteiger partial charge in [0.15, 0.2) is 0 Å². The summed E-state index contributed by atoms with van der Waals surface area (Å²) in [6.45, 7) is 0. The van der Waals surface area contributed by atoms with Crippen molar-refractivity contribution < 1.29 is 21.1 Å². The van der Waals surface area contributed by atoms with Crippen molar-refractivity contribution in [2.75, 3.05) is 0 Å². The van der Waals surface area contributed by atoms with E-state index in [1.165, 1.54) is 25.7 Å². The zero-order valence-corrected chi connectivity index (χ0v) is 7.73. The van der Waals surface area contributed by atoms with Gasteiger partial charge in [-0.1, -0.05) is 24.3 Å². The summed E-state index contributed by atoms with van der Waals surface area (Å²) in [6.07, 6.45) is 14.0. The molecular weight excluding hydrogens is 291 g/mol. The zero-order valence-electron chi connectivity index (χ0n) is 5.45. The predicted molar refractivity (Wildman–Crippen MR) is 36.7 cm³/mol. The van der Waals surface area contributed by atoms with Crippen LogP contribution in [-0.4, -0.2) is 0 Å². The van der Waals surface area contributed by atoms with E-state index in [2.05, 4.69) is 24.3 Å². The molecule has 0 saturated heterocycles. The first kappa shape index (κ1) is 9.17. The second kappa shape index (κ2) is 6.29. The third-order valence-electron chi connectivity index (χ3n) is 1.33. The van der Waals surface area contributed by atoms with Gasteiger partial charge in [0.2, 0.25) is 0 Å². The minimum Gasteiger partial charge on any atom is -0.0882 e. The van der Waals surface area contributed by atoms with Crippen LogP contribution in [0.5, 0.6) is 0 Å². The van der Waals surface area contributed by atoms with Crippen LogP contribution in [0.1, 0.15) is 25.7 Å². The van der Waals surface area contributed by atoms with Gasteiger partial charge in [0.1, 0.15) is 0 Å². The summed E-state index contributed by atoms with van der Waals surface area (Å²) in [7, 11) is 0. The molecule has 0 heterocycles. The SMILES string of the molecule is C1=C\CC/C=C\CC/1.[Pt]. The number of rotatable bonds is 0. The smallest absolute Gasteiger partial charge is 0 e. The van der Waals surface area contributed by atoms with E-state index in [9.17, 15) is 0 Å². The molecule has 0 aromatic carbocycles. The molecule has 1 heteroatoms. The van der Waals surface area contributed by atoms with Crippen LogP contribution >= 0.6 is 0 Å². The van der Waals surface area contributed by atoms with Crippen molar-refractivity contribution in [1.82, 2.24) is 0 Å². The summed E-state index contributed by atoms with van der Waals surface area (Å²) in [4.78, 5) is 0. The molecule has 0 aromatic heterocycles. The van der Waals surface area contributed by atoms with Crippen molar-refractivity contribution in [3.05, 3.63) is 24.3 Å². The minimum atomic E-state index is 0. The van der Waals surface area contributed by atoms with Gasteiger partial charge in [-0.15, -0.1) is 0 Å². The summed E-state index contributed by atoms with van der Waals surface area (Å²) < 4.78 is 0. The van der Waals surface area contributed by atoms with Crippen LogP contribution in [0.15, 0.2) is 24.3 Å². The summed E-state index contributed by atoms with van der Waals surface area (Å²) in [5.74, 6) is 0. The fourth-order valence-electron chi connectivity index (χ4n) is 0.856. The van der Waals surface area contributed by atoms with Crippen LogP contribution in [0.4, 0.5) is 0 Å². The van der Waals surface area contributed by atoms with Crippen LogP contribution in [-0.2, 0) is 21.1 Å². The fourth-order valence-corrected chi connectivity index (χ4v) is 0.856. The molecule has 0 radical (unpaired) electrons. The van der Waals surface area contributed by atoms with Crippen molar-refractivity contribution in [3.8, 4) is 0 Å². The van der Waals surface area contributed by atoms with Crippen LogP contribution in [0.25, 0.3) is 0 Å². The van der Waals surface area contributed by atoms with Gasteiger partial charge in [-0.05, 0) is 25.7 Å². The molecule has 1 rings (SSSR count). The van der Waals surface area contributed by atoms with Gasteiger partial charge in [-0.3, -0.25) is 0 Å². The maximum Gasteiger partial charge on any atom is 0 e. The third-order valence-corrected chi connectivity index (χ3v) is 1.33. The normalized spacial score (nSPS) is 24.9. The van der Waals surface area contributed by atoms with E-state index < -0.39 is 0 Å². The van der Waals surface area contributed by atoms with Crippen molar-refractivity contribution >= 4 is 0 Å². The Morgan fingerprint density at radius 3 is 1.00 bits per heavy atom.